The molecule has 4 aliphatic rings. The zero-order valence-corrected chi connectivity index (χ0v) is 9.39. The second-order valence-electron chi connectivity index (χ2n) is 4.82. The third kappa shape index (κ3) is 0.920. The van der Waals surface area contributed by atoms with Crippen LogP contribution in [-0.4, -0.2) is 11.3 Å². The van der Waals surface area contributed by atoms with Gasteiger partial charge in [-0.25, -0.2) is 0 Å². The minimum atomic E-state index is -0.545. The van der Waals surface area contributed by atoms with Crippen LogP contribution in [0.1, 0.15) is 17.5 Å². The van der Waals surface area contributed by atoms with Gasteiger partial charge < -0.3 is 0 Å². The van der Waals surface area contributed by atoms with Gasteiger partial charge in [0.1, 0.15) is 0 Å². The summed E-state index contributed by atoms with van der Waals surface area (Å²) >= 11 is 0. The maximum Gasteiger partial charge on any atom is 0.279 e. The van der Waals surface area contributed by atoms with E-state index in [0.29, 0.717) is 6.54 Å². The van der Waals surface area contributed by atoms with E-state index in [1.54, 1.807) is 0 Å². The number of hydrogen-bond acceptors (Lipinski definition) is 1. The van der Waals surface area contributed by atoms with Gasteiger partial charge in [-0.2, -0.15) is 0 Å². The van der Waals surface area contributed by atoms with E-state index in [-0.39, 0.29) is 0 Å². The number of nitrogens with zero attached hydrogens (tertiary/aromatic N) is 1. The highest BCUT2D eigenvalue weighted by atomic mass is 16.3. The van der Waals surface area contributed by atoms with Gasteiger partial charge in [-0.3, -0.25) is 0 Å². The summed E-state index contributed by atoms with van der Waals surface area (Å²) in [5.41, 5.74) is 4.13. The molecule has 1 unspecified atom stereocenters. The van der Waals surface area contributed by atoms with E-state index >= 15 is 0 Å². The summed E-state index contributed by atoms with van der Waals surface area (Å²) in [4.78, 5) is 12.4. The Morgan fingerprint density at radius 1 is 1.24 bits per heavy atom. The molecule has 2 heterocycles. The van der Waals surface area contributed by atoms with Crippen molar-refractivity contribution in [2.45, 2.75) is 12.0 Å². The van der Waals surface area contributed by atoms with Gasteiger partial charge in [0, 0.05) is 26.4 Å². The first-order valence-corrected chi connectivity index (χ1v) is 5.96. The Bertz CT molecular complexity index is 636. The predicted octanol–water partition coefficient (Wildman–Crippen LogP) is 2.96. The third-order valence-corrected chi connectivity index (χ3v) is 3.99. The highest BCUT2D eigenvalue weighted by molar-refractivity contribution is 5.79. The van der Waals surface area contributed by atoms with Crippen LogP contribution in [0.25, 0.3) is 5.57 Å². The summed E-state index contributed by atoms with van der Waals surface area (Å²) in [6.45, 7) is 0.499. The summed E-state index contributed by atoms with van der Waals surface area (Å²) in [7, 11) is 0. The van der Waals surface area contributed by atoms with Gasteiger partial charge in [-0.1, -0.05) is 36.4 Å². The Labute approximate surface area is 99.5 Å². The van der Waals surface area contributed by atoms with Crippen LogP contribution in [0, 0.1) is 4.91 Å². The number of hydrogen-bond donors (Lipinski definition) is 0. The van der Waals surface area contributed by atoms with Crippen LogP contribution in [0.15, 0.2) is 54.1 Å². The highest BCUT2D eigenvalue weighted by Gasteiger charge is 2.56. The van der Waals surface area contributed by atoms with Gasteiger partial charge in [0.05, 0.1) is 0 Å². The van der Waals surface area contributed by atoms with Crippen LogP contribution in [0.2, 0.25) is 0 Å². The van der Waals surface area contributed by atoms with Gasteiger partial charge in [-0.15, -0.1) is 0 Å². The molecule has 2 bridgehead atoms. The van der Waals surface area contributed by atoms with E-state index in [1.165, 1.54) is 10.3 Å². The average Bonchev–Trinajstić information content (AvgIpc) is 2.39. The topological polar surface area (TPSA) is 20.1 Å². The molecule has 1 atom stereocenters. The largest absolute Gasteiger partial charge is 0.279 e. The monoisotopic (exact) mass is 222 g/mol. The summed E-state index contributed by atoms with van der Waals surface area (Å²) in [5, 5.41) is 0. The molecule has 0 N–H and O–H groups in total. The van der Waals surface area contributed by atoms with E-state index < -0.39 is 5.54 Å². The lowest BCUT2D eigenvalue weighted by atomic mass is 9.68. The molecule has 2 aliphatic heterocycles. The molecule has 17 heavy (non-hydrogen) atoms. The van der Waals surface area contributed by atoms with Gasteiger partial charge in [0.15, 0.2) is 0 Å². The molecule has 0 saturated carbocycles. The van der Waals surface area contributed by atoms with Crippen LogP contribution in [0.3, 0.4) is 0 Å². The van der Waals surface area contributed by atoms with E-state index in [4.69, 9.17) is 0 Å². The Hall–Kier alpha value is -1.96. The van der Waals surface area contributed by atoms with Crippen molar-refractivity contribution in [1.82, 2.24) is 0 Å². The summed E-state index contributed by atoms with van der Waals surface area (Å²) < 4.78 is 1.21. The SMILES string of the molecule is O=[N+]1CC2=CC3=CCC=CC31c1ccccc12. The molecule has 82 valence electrons. The van der Waals surface area contributed by atoms with Gasteiger partial charge >= 0.3 is 0 Å². The van der Waals surface area contributed by atoms with Crippen molar-refractivity contribution in [3.05, 3.63) is 70.2 Å². The quantitative estimate of drug-likeness (QED) is 0.488. The second-order valence-corrected chi connectivity index (χ2v) is 4.82. The molecule has 0 saturated heterocycles. The number of allylic oxidation sites excluding steroid dienone is 2. The standard InChI is InChI=1S/C15H12NO/c17-16-10-11-9-12-5-3-4-8-15(12,16)14-7-2-1-6-13(11)14/h1-2,4-9H,3,10H2/q+1. The fourth-order valence-electron chi connectivity index (χ4n) is 3.23. The van der Waals surface area contributed by atoms with Crippen molar-refractivity contribution in [1.29, 1.82) is 0 Å². The van der Waals surface area contributed by atoms with Crippen molar-refractivity contribution in [2.24, 2.45) is 0 Å². The van der Waals surface area contributed by atoms with Gasteiger partial charge in [0.2, 0.25) is 6.54 Å². The predicted molar refractivity (Wildman–Crippen MR) is 66.4 cm³/mol. The van der Waals surface area contributed by atoms with Crippen LogP contribution in [0.4, 0.5) is 0 Å². The molecular formula is C15H12NO+. The lowest BCUT2D eigenvalue weighted by Gasteiger charge is -2.36. The maximum absolute atomic E-state index is 12.4. The number of rotatable bonds is 0. The molecule has 2 aliphatic carbocycles. The lowest BCUT2D eigenvalue weighted by molar-refractivity contribution is -0.607. The fraction of sp³-hybridized carbons (Fsp3) is 0.200. The molecule has 1 aromatic rings. The number of benzene rings is 1. The molecule has 0 amide bonds. The zero-order valence-electron chi connectivity index (χ0n) is 9.39. The van der Waals surface area contributed by atoms with Crippen LogP contribution in [-0.2, 0) is 5.54 Å². The van der Waals surface area contributed by atoms with Crippen molar-refractivity contribution in [3.63, 3.8) is 0 Å². The Kier molecular flexibility index (Phi) is 1.52. The summed E-state index contributed by atoms with van der Waals surface area (Å²) in [6.07, 6.45) is 9.45. The first-order valence-electron chi connectivity index (χ1n) is 5.96. The molecule has 2 nitrogen and oxygen atoms in total. The number of fused-ring (bicyclic) bond motifs is 1. The number of nitroso groups, excluding NO2 is 1. The van der Waals surface area contributed by atoms with Gasteiger partial charge in [-0.05, 0) is 24.1 Å². The van der Waals surface area contributed by atoms with Crippen molar-refractivity contribution < 1.29 is 4.76 Å². The zero-order chi connectivity index (χ0) is 11.5. The van der Waals surface area contributed by atoms with E-state index in [9.17, 15) is 4.91 Å². The first-order chi connectivity index (χ1) is 8.32. The fourth-order valence-corrected chi connectivity index (χ4v) is 3.23. The Balaban J connectivity index is 2.16. The van der Waals surface area contributed by atoms with Crippen molar-refractivity contribution in [3.8, 4) is 0 Å². The maximum atomic E-state index is 12.4. The lowest BCUT2D eigenvalue weighted by Crippen LogP contribution is -2.46. The Morgan fingerprint density at radius 3 is 3.06 bits per heavy atom. The first kappa shape index (κ1) is 9.11. The highest BCUT2D eigenvalue weighted by Crippen LogP contribution is 2.50. The molecule has 0 aromatic heterocycles. The Morgan fingerprint density at radius 2 is 2.12 bits per heavy atom. The van der Waals surface area contributed by atoms with E-state index in [1.807, 2.05) is 12.1 Å². The third-order valence-electron chi connectivity index (χ3n) is 3.99. The average molecular weight is 222 g/mol. The van der Waals surface area contributed by atoms with Crippen molar-refractivity contribution in [2.75, 3.05) is 6.54 Å². The van der Waals surface area contributed by atoms with E-state index in [0.717, 1.165) is 23.1 Å². The summed E-state index contributed by atoms with van der Waals surface area (Å²) in [6, 6.07) is 8.26. The molecule has 0 radical (unpaired) electrons. The minimum Gasteiger partial charge on any atom is -0.0770 e. The molecule has 0 fully saturated rings. The second kappa shape index (κ2) is 2.83. The van der Waals surface area contributed by atoms with Crippen molar-refractivity contribution >= 4 is 5.57 Å². The van der Waals surface area contributed by atoms with E-state index in [2.05, 4.69) is 36.4 Å². The normalized spacial score (nSPS) is 28.4. The van der Waals surface area contributed by atoms with Crippen LogP contribution in [0.5, 0.6) is 0 Å². The molecule has 1 spiro atoms. The molecule has 2 heteroatoms. The summed E-state index contributed by atoms with van der Waals surface area (Å²) in [5.74, 6) is 0. The molecular weight excluding hydrogens is 210 g/mol. The smallest absolute Gasteiger partial charge is 0.0770 e. The minimum absolute atomic E-state index is 0.499. The van der Waals surface area contributed by atoms with Crippen LogP contribution >= 0.6 is 0 Å². The van der Waals surface area contributed by atoms with Crippen LogP contribution < -0.4 is 0 Å². The molecule has 5 rings (SSSR count). The van der Waals surface area contributed by atoms with Gasteiger partial charge in [0.25, 0.3) is 5.54 Å². The molecule has 1 aromatic carbocycles.